The van der Waals surface area contributed by atoms with Gasteiger partial charge in [-0.15, -0.1) is 5.10 Å². The highest BCUT2D eigenvalue weighted by molar-refractivity contribution is 5.51. The second-order valence-electron chi connectivity index (χ2n) is 4.76. The van der Waals surface area contributed by atoms with Gasteiger partial charge < -0.3 is 4.42 Å². The number of nitro benzene ring substituents is 1. The first-order chi connectivity index (χ1) is 11.0. The van der Waals surface area contributed by atoms with Gasteiger partial charge in [0.15, 0.2) is 0 Å². The standard InChI is InChI=1S/C15H10FN3O4/c16-12-5-3-11(4-6-12)14-17-18(15(20)23-14)9-10-1-7-13(8-2-10)19(21)22/h1-8H,9H2. The van der Waals surface area contributed by atoms with Crippen LogP contribution >= 0.6 is 0 Å². The molecule has 0 aliphatic carbocycles. The van der Waals surface area contributed by atoms with E-state index in [9.17, 15) is 19.3 Å². The molecule has 0 saturated heterocycles. The average molecular weight is 315 g/mol. The zero-order valence-electron chi connectivity index (χ0n) is 11.7. The van der Waals surface area contributed by atoms with E-state index >= 15 is 0 Å². The molecule has 0 radical (unpaired) electrons. The number of nitro groups is 1. The van der Waals surface area contributed by atoms with Gasteiger partial charge in [-0.3, -0.25) is 10.1 Å². The van der Waals surface area contributed by atoms with Crippen LogP contribution < -0.4 is 5.76 Å². The zero-order chi connectivity index (χ0) is 16.4. The van der Waals surface area contributed by atoms with Crippen LogP contribution in [0.15, 0.2) is 57.7 Å². The van der Waals surface area contributed by atoms with E-state index in [4.69, 9.17) is 4.42 Å². The molecule has 116 valence electrons. The molecule has 0 saturated carbocycles. The summed E-state index contributed by atoms with van der Waals surface area (Å²) in [5.41, 5.74) is 1.11. The molecule has 0 aliphatic rings. The number of nitrogens with zero attached hydrogens (tertiary/aromatic N) is 3. The topological polar surface area (TPSA) is 91.2 Å². The van der Waals surface area contributed by atoms with Crippen molar-refractivity contribution in [3.8, 4) is 11.5 Å². The van der Waals surface area contributed by atoms with Crippen molar-refractivity contribution in [2.45, 2.75) is 6.54 Å². The molecule has 1 aromatic heterocycles. The normalized spacial score (nSPS) is 10.7. The van der Waals surface area contributed by atoms with Crippen molar-refractivity contribution >= 4 is 5.69 Å². The van der Waals surface area contributed by atoms with E-state index < -0.39 is 16.5 Å². The van der Waals surface area contributed by atoms with E-state index in [2.05, 4.69) is 5.10 Å². The Balaban J connectivity index is 1.85. The Morgan fingerprint density at radius 3 is 2.39 bits per heavy atom. The Labute approximate surface area is 128 Å². The number of benzene rings is 2. The van der Waals surface area contributed by atoms with Crippen molar-refractivity contribution < 1.29 is 13.7 Å². The van der Waals surface area contributed by atoms with Crippen LogP contribution in [0.2, 0.25) is 0 Å². The van der Waals surface area contributed by atoms with Crippen LogP contribution in [0.1, 0.15) is 5.56 Å². The van der Waals surface area contributed by atoms with E-state index in [0.29, 0.717) is 11.1 Å². The Kier molecular flexibility index (Phi) is 3.71. The fourth-order valence-electron chi connectivity index (χ4n) is 2.01. The monoisotopic (exact) mass is 315 g/mol. The lowest BCUT2D eigenvalue weighted by Crippen LogP contribution is -2.16. The number of rotatable bonds is 4. The van der Waals surface area contributed by atoms with Gasteiger partial charge in [-0.1, -0.05) is 12.1 Å². The van der Waals surface area contributed by atoms with Gasteiger partial charge in [-0.05, 0) is 29.8 Å². The average Bonchev–Trinajstić information content (AvgIpc) is 2.89. The Morgan fingerprint density at radius 2 is 1.78 bits per heavy atom. The largest absolute Gasteiger partial charge is 0.437 e. The highest BCUT2D eigenvalue weighted by Crippen LogP contribution is 2.16. The van der Waals surface area contributed by atoms with Crippen molar-refractivity contribution in [3.05, 3.63) is 80.6 Å². The molecule has 0 fully saturated rings. The van der Waals surface area contributed by atoms with Crippen LogP contribution in [0.3, 0.4) is 0 Å². The molecule has 0 aliphatic heterocycles. The Hall–Kier alpha value is -3.29. The number of aromatic nitrogens is 2. The number of hydrogen-bond donors (Lipinski definition) is 0. The summed E-state index contributed by atoms with van der Waals surface area (Å²) in [5.74, 6) is -0.985. The third-order valence-corrected chi connectivity index (χ3v) is 3.18. The van der Waals surface area contributed by atoms with Crippen molar-refractivity contribution in [1.82, 2.24) is 9.78 Å². The number of non-ortho nitro benzene ring substituents is 1. The summed E-state index contributed by atoms with van der Waals surface area (Å²) in [6, 6.07) is 11.2. The Morgan fingerprint density at radius 1 is 1.13 bits per heavy atom. The van der Waals surface area contributed by atoms with Crippen LogP contribution in [-0.2, 0) is 6.54 Å². The second kappa shape index (κ2) is 5.84. The summed E-state index contributed by atoms with van der Waals surface area (Å²) in [7, 11) is 0. The summed E-state index contributed by atoms with van der Waals surface area (Å²) in [5, 5.41) is 14.6. The summed E-state index contributed by atoms with van der Waals surface area (Å²) < 4.78 is 19.0. The molecule has 0 unspecified atom stereocenters. The predicted molar refractivity (Wildman–Crippen MR) is 78.4 cm³/mol. The van der Waals surface area contributed by atoms with E-state index in [1.54, 1.807) is 0 Å². The van der Waals surface area contributed by atoms with E-state index in [1.165, 1.54) is 48.5 Å². The third-order valence-electron chi connectivity index (χ3n) is 3.18. The van der Waals surface area contributed by atoms with E-state index in [1.807, 2.05) is 0 Å². The lowest BCUT2D eigenvalue weighted by molar-refractivity contribution is -0.384. The first-order valence-corrected chi connectivity index (χ1v) is 6.60. The highest BCUT2D eigenvalue weighted by Gasteiger charge is 2.11. The van der Waals surface area contributed by atoms with Crippen molar-refractivity contribution in [1.29, 1.82) is 0 Å². The van der Waals surface area contributed by atoms with Crippen LogP contribution in [0.25, 0.3) is 11.5 Å². The molecule has 0 atom stereocenters. The van der Waals surface area contributed by atoms with Gasteiger partial charge in [0.2, 0.25) is 5.89 Å². The minimum Gasteiger partial charge on any atom is -0.388 e. The first-order valence-electron chi connectivity index (χ1n) is 6.60. The minimum absolute atomic E-state index is 0.0340. The lowest BCUT2D eigenvalue weighted by atomic mass is 10.2. The molecular formula is C15H10FN3O4. The molecule has 0 spiro atoms. The van der Waals surface area contributed by atoms with Gasteiger partial charge in [-0.25, -0.2) is 9.18 Å². The SMILES string of the molecule is O=c1oc(-c2ccc(F)cc2)nn1Cc1ccc([N+](=O)[O-])cc1. The fourth-order valence-corrected chi connectivity index (χ4v) is 2.01. The maximum absolute atomic E-state index is 12.9. The third kappa shape index (κ3) is 3.15. The summed E-state index contributed by atoms with van der Waals surface area (Å²) >= 11 is 0. The summed E-state index contributed by atoms with van der Waals surface area (Å²) in [6.07, 6.45) is 0. The van der Waals surface area contributed by atoms with E-state index in [-0.39, 0.29) is 18.1 Å². The Bertz CT molecular complexity index is 898. The van der Waals surface area contributed by atoms with Crippen molar-refractivity contribution in [2.75, 3.05) is 0 Å². The molecule has 23 heavy (non-hydrogen) atoms. The van der Waals surface area contributed by atoms with Gasteiger partial charge in [0.25, 0.3) is 5.69 Å². The molecule has 0 amide bonds. The minimum atomic E-state index is -0.664. The first kappa shape index (κ1) is 14.6. The van der Waals surface area contributed by atoms with Gasteiger partial charge >= 0.3 is 5.76 Å². The fraction of sp³-hybridized carbons (Fsp3) is 0.0667. The predicted octanol–water partition coefficient (Wildman–Crippen LogP) is 2.60. The van der Waals surface area contributed by atoms with Crippen LogP contribution in [0, 0.1) is 15.9 Å². The van der Waals surface area contributed by atoms with Crippen LogP contribution in [0.4, 0.5) is 10.1 Å². The molecule has 3 aromatic rings. The molecule has 8 heteroatoms. The van der Waals surface area contributed by atoms with Crippen molar-refractivity contribution in [2.24, 2.45) is 0 Å². The van der Waals surface area contributed by atoms with Crippen LogP contribution in [-0.4, -0.2) is 14.7 Å². The second-order valence-corrected chi connectivity index (χ2v) is 4.76. The molecule has 3 rings (SSSR count). The lowest BCUT2D eigenvalue weighted by Gasteiger charge is -1.99. The van der Waals surface area contributed by atoms with Crippen molar-refractivity contribution in [3.63, 3.8) is 0 Å². The maximum atomic E-state index is 12.9. The molecule has 0 bridgehead atoms. The molecule has 2 aromatic carbocycles. The van der Waals surface area contributed by atoms with Gasteiger partial charge in [0.1, 0.15) is 5.82 Å². The number of halogens is 1. The summed E-state index contributed by atoms with van der Waals surface area (Å²) in [4.78, 5) is 21.9. The smallest absolute Gasteiger partial charge is 0.388 e. The zero-order valence-corrected chi connectivity index (χ0v) is 11.7. The van der Waals surface area contributed by atoms with Gasteiger partial charge in [0.05, 0.1) is 11.5 Å². The van der Waals surface area contributed by atoms with Gasteiger partial charge in [0, 0.05) is 17.7 Å². The van der Waals surface area contributed by atoms with Gasteiger partial charge in [-0.2, -0.15) is 4.68 Å². The summed E-state index contributed by atoms with van der Waals surface area (Å²) in [6.45, 7) is 0.113. The number of hydrogen-bond acceptors (Lipinski definition) is 5. The molecule has 7 nitrogen and oxygen atoms in total. The molecule has 0 N–H and O–H groups in total. The molecule has 1 heterocycles. The van der Waals surface area contributed by atoms with E-state index in [0.717, 1.165) is 4.68 Å². The highest BCUT2D eigenvalue weighted by atomic mass is 19.1. The molecular weight excluding hydrogens is 305 g/mol. The maximum Gasteiger partial charge on any atom is 0.437 e. The van der Waals surface area contributed by atoms with Crippen LogP contribution in [0.5, 0.6) is 0 Å². The quantitative estimate of drug-likeness (QED) is 0.545.